The van der Waals surface area contributed by atoms with Gasteiger partial charge in [0.05, 0.1) is 17.1 Å². The first-order valence-electron chi connectivity index (χ1n) is 10.2. The summed E-state index contributed by atoms with van der Waals surface area (Å²) in [5, 5.41) is 2.89. The molecule has 1 saturated heterocycles. The van der Waals surface area contributed by atoms with Gasteiger partial charge in [-0.2, -0.15) is 13.2 Å². The Kier molecular flexibility index (Phi) is 8.37. The van der Waals surface area contributed by atoms with Crippen LogP contribution in [-0.4, -0.2) is 43.2 Å². The van der Waals surface area contributed by atoms with E-state index in [1.165, 1.54) is 6.07 Å². The second kappa shape index (κ2) is 11.0. The molecule has 178 valence electrons. The molecule has 1 atom stereocenters. The fourth-order valence-electron chi connectivity index (χ4n) is 3.33. The van der Waals surface area contributed by atoms with Crippen molar-refractivity contribution in [1.29, 1.82) is 0 Å². The number of hydrogen-bond acceptors (Lipinski definition) is 4. The lowest BCUT2D eigenvalue weighted by molar-refractivity contribution is -0.137. The quantitative estimate of drug-likeness (QED) is 0.487. The molecular weight excluding hydrogens is 480 g/mol. The number of likely N-dealkylation sites (tertiary alicyclic amines) is 1. The van der Waals surface area contributed by atoms with Gasteiger partial charge in [0.1, 0.15) is 17.6 Å². The Morgan fingerprint density at radius 1 is 1.15 bits per heavy atom. The molecular formula is C23H23Cl2F3N2O3. The fraction of sp³-hybridized carbons (Fsp3) is 0.348. The molecule has 0 radical (unpaired) electrons. The highest BCUT2D eigenvalue weighted by Gasteiger charge is 2.33. The van der Waals surface area contributed by atoms with Gasteiger partial charge in [-0.25, -0.2) is 0 Å². The van der Waals surface area contributed by atoms with E-state index in [0.717, 1.165) is 36.5 Å². The third kappa shape index (κ3) is 7.47. The summed E-state index contributed by atoms with van der Waals surface area (Å²) in [5.41, 5.74) is -0.145. The molecule has 0 bridgehead atoms. The maximum absolute atomic E-state index is 12.9. The predicted molar refractivity (Wildman–Crippen MR) is 121 cm³/mol. The number of carbonyl (C=O) groups excluding carboxylic acids is 1. The SMILES string of the molecule is C=C(CCNC(=O)COc1ccc(Cl)c(C(F)(F)F)c1)N1CCC(Oc2ccc(Cl)cc2)C1. The van der Waals surface area contributed by atoms with Gasteiger partial charge >= 0.3 is 6.18 Å². The van der Waals surface area contributed by atoms with Crippen LogP contribution >= 0.6 is 23.2 Å². The number of nitrogens with one attached hydrogen (secondary N) is 1. The smallest absolute Gasteiger partial charge is 0.417 e. The van der Waals surface area contributed by atoms with Gasteiger partial charge in [-0.3, -0.25) is 4.79 Å². The number of hydrogen-bond donors (Lipinski definition) is 1. The Balaban J connectivity index is 1.37. The summed E-state index contributed by atoms with van der Waals surface area (Å²) in [7, 11) is 0. The minimum absolute atomic E-state index is 0.0341. The van der Waals surface area contributed by atoms with Crippen LogP contribution in [0.4, 0.5) is 13.2 Å². The topological polar surface area (TPSA) is 50.8 Å². The van der Waals surface area contributed by atoms with Crippen molar-refractivity contribution in [2.24, 2.45) is 0 Å². The monoisotopic (exact) mass is 502 g/mol. The molecule has 0 saturated carbocycles. The van der Waals surface area contributed by atoms with Gasteiger partial charge < -0.3 is 19.7 Å². The first-order valence-corrected chi connectivity index (χ1v) is 11.0. The molecule has 0 spiro atoms. The van der Waals surface area contributed by atoms with E-state index in [9.17, 15) is 18.0 Å². The zero-order valence-electron chi connectivity index (χ0n) is 17.6. The van der Waals surface area contributed by atoms with Crippen molar-refractivity contribution in [2.45, 2.75) is 25.1 Å². The number of rotatable bonds is 9. The molecule has 1 aliphatic rings. The lowest BCUT2D eigenvalue weighted by Crippen LogP contribution is -2.31. The summed E-state index contributed by atoms with van der Waals surface area (Å²) in [4.78, 5) is 14.1. The van der Waals surface area contributed by atoms with Crippen LogP contribution in [0.15, 0.2) is 54.7 Å². The zero-order chi connectivity index (χ0) is 24.0. The lowest BCUT2D eigenvalue weighted by Gasteiger charge is -2.21. The van der Waals surface area contributed by atoms with Gasteiger partial charge in [0.25, 0.3) is 5.91 Å². The van der Waals surface area contributed by atoms with Crippen molar-refractivity contribution in [1.82, 2.24) is 10.2 Å². The number of ether oxygens (including phenoxy) is 2. The molecule has 2 aromatic rings. The normalized spacial score (nSPS) is 15.9. The van der Waals surface area contributed by atoms with Crippen molar-refractivity contribution in [3.8, 4) is 11.5 Å². The lowest BCUT2D eigenvalue weighted by atomic mass is 10.2. The molecule has 0 aromatic heterocycles. The standard InChI is InChI=1S/C23H23Cl2F3N2O3/c1-15(30-11-9-19(13-30)33-17-4-2-16(24)3-5-17)8-10-29-22(31)14-32-18-6-7-21(25)20(12-18)23(26,27)28/h2-7,12,19H,1,8-11,13-14H2,(H,29,31). The summed E-state index contributed by atoms with van der Waals surface area (Å²) in [5.74, 6) is 0.221. The van der Waals surface area contributed by atoms with E-state index in [-0.39, 0.29) is 11.9 Å². The molecule has 33 heavy (non-hydrogen) atoms. The molecule has 1 aliphatic heterocycles. The highest BCUT2D eigenvalue weighted by Crippen LogP contribution is 2.36. The Bertz CT molecular complexity index is 984. The van der Waals surface area contributed by atoms with Crippen LogP contribution in [0.25, 0.3) is 0 Å². The van der Waals surface area contributed by atoms with Crippen molar-refractivity contribution in [2.75, 3.05) is 26.2 Å². The fourth-order valence-corrected chi connectivity index (χ4v) is 3.68. The summed E-state index contributed by atoms with van der Waals surface area (Å²) in [6.07, 6.45) is -3.19. The molecule has 0 aliphatic carbocycles. The molecule has 1 amide bonds. The van der Waals surface area contributed by atoms with E-state index in [2.05, 4.69) is 16.8 Å². The van der Waals surface area contributed by atoms with E-state index in [1.807, 2.05) is 12.1 Å². The number of amides is 1. The average molecular weight is 503 g/mol. The summed E-state index contributed by atoms with van der Waals surface area (Å²) >= 11 is 11.5. The second-order valence-corrected chi connectivity index (χ2v) is 8.37. The van der Waals surface area contributed by atoms with Crippen LogP contribution in [-0.2, 0) is 11.0 Å². The highest BCUT2D eigenvalue weighted by atomic mass is 35.5. The summed E-state index contributed by atoms with van der Waals surface area (Å²) in [6.45, 7) is 5.48. The molecule has 1 heterocycles. The highest BCUT2D eigenvalue weighted by molar-refractivity contribution is 6.31. The third-order valence-electron chi connectivity index (χ3n) is 5.06. The van der Waals surface area contributed by atoms with Crippen molar-refractivity contribution >= 4 is 29.1 Å². The first-order chi connectivity index (χ1) is 15.6. The molecule has 5 nitrogen and oxygen atoms in total. The molecule has 1 N–H and O–H groups in total. The third-order valence-corrected chi connectivity index (χ3v) is 5.64. The van der Waals surface area contributed by atoms with Crippen molar-refractivity contribution in [3.63, 3.8) is 0 Å². The van der Waals surface area contributed by atoms with E-state index in [1.54, 1.807) is 12.1 Å². The van der Waals surface area contributed by atoms with Crippen LogP contribution in [0, 0.1) is 0 Å². The van der Waals surface area contributed by atoms with E-state index < -0.39 is 29.3 Å². The van der Waals surface area contributed by atoms with Crippen LogP contribution in [0.1, 0.15) is 18.4 Å². The van der Waals surface area contributed by atoms with Gasteiger partial charge in [0.15, 0.2) is 6.61 Å². The number of nitrogens with zero attached hydrogens (tertiary/aromatic N) is 1. The Hall–Kier alpha value is -2.58. The maximum atomic E-state index is 12.9. The van der Waals surface area contributed by atoms with Gasteiger partial charge in [-0.15, -0.1) is 0 Å². The average Bonchev–Trinajstić information content (AvgIpc) is 3.22. The molecule has 1 unspecified atom stereocenters. The van der Waals surface area contributed by atoms with E-state index in [0.29, 0.717) is 24.5 Å². The van der Waals surface area contributed by atoms with Gasteiger partial charge in [0, 0.05) is 36.7 Å². The van der Waals surface area contributed by atoms with Crippen molar-refractivity contribution < 1.29 is 27.4 Å². The molecule has 10 heteroatoms. The number of alkyl halides is 3. The number of carbonyl (C=O) groups is 1. The first kappa shape index (κ1) is 25.1. The largest absolute Gasteiger partial charge is 0.489 e. The Labute approximate surface area is 200 Å². The van der Waals surface area contributed by atoms with Crippen LogP contribution in [0.2, 0.25) is 10.0 Å². The number of benzene rings is 2. The predicted octanol–water partition coefficient (Wildman–Crippen LogP) is 5.56. The van der Waals surface area contributed by atoms with Gasteiger partial charge in [-0.05, 0) is 42.5 Å². The molecule has 1 fully saturated rings. The second-order valence-electron chi connectivity index (χ2n) is 7.52. The van der Waals surface area contributed by atoms with Crippen molar-refractivity contribution in [3.05, 3.63) is 70.3 Å². The summed E-state index contributed by atoms with van der Waals surface area (Å²) < 4.78 is 49.8. The van der Waals surface area contributed by atoms with Gasteiger partial charge in [-0.1, -0.05) is 29.8 Å². The Morgan fingerprint density at radius 3 is 2.55 bits per heavy atom. The molecule has 2 aromatic carbocycles. The maximum Gasteiger partial charge on any atom is 0.417 e. The minimum atomic E-state index is -4.60. The zero-order valence-corrected chi connectivity index (χ0v) is 19.1. The number of halogens is 5. The van der Waals surface area contributed by atoms with E-state index >= 15 is 0 Å². The minimum Gasteiger partial charge on any atom is -0.489 e. The van der Waals surface area contributed by atoms with E-state index in [4.69, 9.17) is 32.7 Å². The molecule has 3 rings (SSSR count). The van der Waals surface area contributed by atoms with Crippen LogP contribution in [0.5, 0.6) is 11.5 Å². The summed E-state index contributed by atoms with van der Waals surface area (Å²) in [6, 6.07) is 10.3. The van der Waals surface area contributed by atoms with Gasteiger partial charge in [0.2, 0.25) is 0 Å². The van der Waals surface area contributed by atoms with Crippen LogP contribution < -0.4 is 14.8 Å². The van der Waals surface area contributed by atoms with Crippen LogP contribution in [0.3, 0.4) is 0 Å². The Morgan fingerprint density at radius 2 is 1.85 bits per heavy atom.